The van der Waals surface area contributed by atoms with Crippen LogP contribution in [-0.2, 0) is 13.0 Å². The summed E-state index contributed by atoms with van der Waals surface area (Å²) in [4.78, 5) is 0. The van der Waals surface area contributed by atoms with Gasteiger partial charge in [-0.3, -0.25) is 5.10 Å². The number of aromatic amines is 1. The lowest BCUT2D eigenvalue weighted by atomic mass is 10.1. The Kier molecular flexibility index (Phi) is 5.70. The van der Waals surface area contributed by atoms with Crippen molar-refractivity contribution < 1.29 is 14.6 Å². The van der Waals surface area contributed by atoms with E-state index < -0.39 is 0 Å². The van der Waals surface area contributed by atoms with Crippen molar-refractivity contribution in [3.8, 4) is 34.3 Å². The van der Waals surface area contributed by atoms with Gasteiger partial charge >= 0.3 is 0 Å². The number of phenols is 1. The molecule has 1 aromatic heterocycles. The molecule has 4 rings (SSSR count). The quantitative estimate of drug-likeness (QED) is 0.398. The Labute approximate surface area is 175 Å². The summed E-state index contributed by atoms with van der Waals surface area (Å²) < 4.78 is 11.8. The smallest absolute Gasteiger partial charge is 0.173 e. The number of nitrogens with zero attached hydrogens (tertiary/aromatic N) is 1. The third-order valence-electron chi connectivity index (χ3n) is 4.92. The number of aromatic hydroxyl groups is 1. The van der Waals surface area contributed by atoms with Gasteiger partial charge < -0.3 is 14.6 Å². The minimum atomic E-state index is 0.0784. The first-order valence-electron chi connectivity index (χ1n) is 9.94. The van der Waals surface area contributed by atoms with E-state index in [2.05, 4.69) is 24.0 Å². The zero-order chi connectivity index (χ0) is 20.9. The average Bonchev–Trinajstić information content (AvgIpc) is 3.22. The van der Waals surface area contributed by atoms with Crippen LogP contribution in [-0.4, -0.2) is 15.3 Å². The Balaban J connectivity index is 1.49. The zero-order valence-electron chi connectivity index (χ0n) is 17.1. The molecular weight excluding hydrogens is 376 g/mol. The van der Waals surface area contributed by atoms with E-state index in [9.17, 15) is 5.11 Å². The van der Waals surface area contributed by atoms with Gasteiger partial charge in [0.1, 0.15) is 29.5 Å². The molecule has 30 heavy (non-hydrogen) atoms. The number of hydrogen-bond acceptors (Lipinski definition) is 4. The zero-order valence-corrected chi connectivity index (χ0v) is 17.1. The third-order valence-corrected chi connectivity index (χ3v) is 4.92. The number of aromatic nitrogens is 2. The van der Waals surface area contributed by atoms with Crippen LogP contribution in [0.5, 0.6) is 23.0 Å². The number of aryl methyl sites for hydroxylation is 2. The van der Waals surface area contributed by atoms with Crippen molar-refractivity contribution in [1.82, 2.24) is 10.2 Å². The van der Waals surface area contributed by atoms with Gasteiger partial charge in [-0.25, -0.2) is 0 Å². The molecule has 0 aliphatic rings. The highest BCUT2D eigenvalue weighted by Crippen LogP contribution is 2.38. The molecule has 0 aliphatic heterocycles. The van der Waals surface area contributed by atoms with Gasteiger partial charge in [0, 0.05) is 11.6 Å². The molecule has 0 spiro atoms. The molecule has 0 unspecified atom stereocenters. The van der Waals surface area contributed by atoms with Crippen LogP contribution in [0.3, 0.4) is 0 Å². The Bertz CT molecular complexity index is 1120. The van der Waals surface area contributed by atoms with Gasteiger partial charge in [-0.15, -0.1) is 0 Å². The summed E-state index contributed by atoms with van der Waals surface area (Å²) >= 11 is 0. The first-order valence-corrected chi connectivity index (χ1v) is 9.94. The summed E-state index contributed by atoms with van der Waals surface area (Å²) in [6.07, 6.45) is 2.65. The number of nitrogens with one attached hydrogen (secondary N) is 1. The molecule has 1 heterocycles. The Morgan fingerprint density at radius 3 is 2.30 bits per heavy atom. The van der Waals surface area contributed by atoms with Crippen molar-refractivity contribution in [2.75, 3.05) is 0 Å². The molecule has 152 valence electrons. The highest BCUT2D eigenvalue weighted by molar-refractivity contribution is 5.73. The summed E-state index contributed by atoms with van der Waals surface area (Å²) in [5.74, 6) is 1.93. The molecule has 0 atom stereocenters. The summed E-state index contributed by atoms with van der Waals surface area (Å²) in [5.41, 5.74) is 4.63. The Hall–Kier alpha value is -3.73. The average molecular weight is 400 g/mol. The maximum absolute atomic E-state index is 10.6. The molecule has 5 heteroatoms. The van der Waals surface area contributed by atoms with Gasteiger partial charge in [0.15, 0.2) is 5.75 Å². The Morgan fingerprint density at radius 1 is 0.900 bits per heavy atom. The number of rotatable bonds is 7. The number of phenolic OH excluding ortho intramolecular Hbond substituents is 1. The van der Waals surface area contributed by atoms with Crippen LogP contribution < -0.4 is 9.47 Å². The maximum atomic E-state index is 10.6. The highest BCUT2D eigenvalue weighted by atomic mass is 16.5. The van der Waals surface area contributed by atoms with Crippen LogP contribution in [0.15, 0.2) is 72.9 Å². The van der Waals surface area contributed by atoms with Gasteiger partial charge in [0.2, 0.25) is 0 Å². The van der Waals surface area contributed by atoms with Gasteiger partial charge in [-0.05, 0) is 48.7 Å². The molecule has 0 bridgehead atoms. The summed E-state index contributed by atoms with van der Waals surface area (Å²) in [7, 11) is 0. The lowest BCUT2D eigenvalue weighted by molar-refractivity contribution is 0.304. The molecule has 4 aromatic rings. The van der Waals surface area contributed by atoms with Crippen molar-refractivity contribution in [1.29, 1.82) is 0 Å². The summed E-state index contributed by atoms with van der Waals surface area (Å²) in [6, 6.07) is 21.3. The van der Waals surface area contributed by atoms with E-state index in [0.717, 1.165) is 12.0 Å². The molecule has 0 saturated heterocycles. The molecule has 3 aromatic carbocycles. The molecule has 0 radical (unpaired) electrons. The van der Waals surface area contributed by atoms with Crippen LogP contribution in [0.25, 0.3) is 11.3 Å². The van der Waals surface area contributed by atoms with E-state index in [0.29, 0.717) is 35.1 Å². The minimum absolute atomic E-state index is 0.0784. The van der Waals surface area contributed by atoms with E-state index in [-0.39, 0.29) is 5.75 Å². The van der Waals surface area contributed by atoms with Crippen molar-refractivity contribution in [3.63, 3.8) is 0 Å². The predicted octanol–water partition coefficient (Wildman–Crippen LogP) is 6.02. The number of ether oxygens (including phenoxy) is 2. The lowest BCUT2D eigenvalue weighted by Gasteiger charge is -2.10. The van der Waals surface area contributed by atoms with Crippen LogP contribution in [0.1, 0.15) is 23.6 Å². The topological polar surface area (TPSA) is 67.4 Å². The van der Waals surface area contributed by atoms with E-state index in [1.807, 2.05) is 54.6 Å². The molecular formula is C25H24N2O3. The van der Waals surface area contributed by atoms with E-state index in [4.69, 9.17) is 9.47 Å². The first kappa shape index (κ1) is 19.6. The standard InChI is InChI=1S/C25H24N2O3/c1-3-18-8-10-20(11-9-18)30-24-15-26-27-25(24)22-13-12-21(14-23(22)28)29-16-19-6-4-17(2)5-7-19/h4-15,28H,3,16H2,1-2H3,(H,26,27). The van der Waals surface area contributed by atoms with E-state index >= 15 is 0 Å². The number of benzene rings is 3. The largest absolute Gasteiger partial charge is 0.507 e. The normalized spacial score (nSPS) is 10.7. The van der Waals surface area contributed by atoms with Gasteiger partial charge in [0.05, 0.1) is 6.20 Å². The summed E-state index contributed by atoms with van der Waals surface area (Å²) in [5, 5.41) is 17.6. The minimum Gasteiger partial charge on any atom is -0.507 e. The first-order chi connectivity index (χ1) is 14.6. The molecule has 5 nitrogen and oxygen atoms in total. The lowest BCUT2D eigenvalue weighted by Crippen LogP contribution is -1.95. The van der Waals surface area contributed by atoms with Crippen LogP contribution in [0.4, 0.5) is 0 Å². The number of hydrogen-bond donors (Lipinski definition) is 2. The highest BCUT2D eigenvalue weighted by Gasteiger charge is 2.15. The van der Waals surface area contributed by atoms with Gasteiger partial charge in [-0.1, -0.05) is 48.9 Å². The Morgan fingerprint density at radius 2 is 1.60 bits per heavy atom. The monoisotopic (exact) mass is 400 g/mol. The fraction of sp³-hybridized carbons (Fsp3) is 0.160. The predicted molar refractivity (Wildman–Crippen MR) is 117 cm³/mol. The summed E-state index contributed by atoms with van der Waals surface area (Å²) in [6.45, 7) is 4.60. The molecule has 2 N–H and O–H groups in total. The molecule has 0 amide bonds. The van der Waals surface area contributed by atoms with Crippen molar-refractivity contribution in [2.45, 2.75) is 26.9 Å². The van der Waals surface area contributed by atoms with Crippen LogP contribution >= 0.6 is 0 Å². The van der Waals surface area contributed by atoms with Crippen molar-refractivity contribution >= 4 is 0 Å². The second-order valence-corrected chi connectivity index (χ2v) is 7.15. The molecule has 0 aliphatic carbocycles. The molecule has 0 saturated carbocycles. The van der Waals surface area contributed by atoms with Crippen LogP contribution in [0.2, 0.25) is 0 Å². The van der Waals surface area contributed by atoms with Crippen molar-refractivity contribution in [3.05, 3.63) is 89.6 Å². The van der Waals surface area contributed by atoms with Gasteiger partial charge in [0.25, 0.3) is 0 Å². The second-order valence-electron chi connectivity index (χ2n) is 7.15. The SMILES string of the molecule is CCc1ccc(Oc2c[nH]nc2-c2ccc(OCc3ccc(C)cc3)cc2O)cc1. The third kappa shape index (κ3) is 4.46. The number of H-pyrrole nitrogens is 1. The fourth-order valence-corrected chi connectivity index (χ4v) is 3.12. The fourth-order valence-electron chi connectivity index (χ4n) is 3.12. The van der Waals surface area contributed by atoms with Crippen LogP contribution in [0, 0.1) is 6.92 Å². The molecule has 0 fully saturated rings. The second kappa shape index (κ2) is 8.74. The van der Waals surface area contributed by atoms with E-state index in [1.54, 1.807) is 18.3 Å². The maximum Gasteiger partial charge on any atom is 0.173 e. The van der Waals surface area contributed by atoms with E-state index in [1.165, 1.54) is 11.1 Å². The van der Waals surface area contributed by atoms with Crippen molar-refractivity contribution in [2.24, 2.45) is 0 Å². The van der Waals surface area contributed by atoms with Gasteiger partial charge in [-0.2, -0.15) is 5.10 Å².